The number of hydrogen-bond donors (Lipinski definition) is 2. The summed E-state index contributed by atoms with van der Waals surface area (Å²) in [6.45, 7) is 4.34. The van der Waals surface area contributed by atoms with Gasteiger partial charge in [0.25, 0.3) is 0 Å². The smallest absolute Gasteiger partial charge is 0.247 e. The highest BCUT2D eigenvalue weighted by molar-refractivity contribution is 9.10. The number of sulfonamides is 1. The van der Waals surface area contributed by atoms with Gasteiger partial charge >= 0.3 is 0 Å². The molecule has 3 atom stereocenters. The van der Waals surface area contributed by atoms with Gasteiger partial charge in [-0.3, -0.25) is 0 Å². The minimum Gasteiger partial charge on any atom is -0.487 e. The van der Waals surface area contributed by atoms with E-state index in [1.807, 2.05) is 14.0 Å². The third-order valence-electron chi connectivity index (χ3n) is 4.03. The normalized spacial score (nSPS) is 25.8. The first-order valence-electron chi connectivity index (χ1n) is 7.54. The Bertz CT molecular complexity index is 653. The van der Waals surface area contributed by atoms with Crippen LogP contribution in [0.1, 0.15) is 13.8 Å². The summed E-state index contributed by atoms with van der Waals surface area (Å²) in [5, 5.41) is 12.6. The molecule has 2 rings (SSSR count). The zero-order valence-corrected chi connectivity index (χ0v) is 15.9. The third kappa shape index (κ3) is 3.88. The second-order valence-electron chi connectivity index (χ2n) is 5.89. The number of nitrogens with one attached hydrogen (secondary N) is 1. The number of benzene rings is 1. The molecule has 0 spiro atoms. The zero-order chi connectivity index (χ0) is 17.2. The van der Waals surface area contributed by atoms with Crippen molar-refractivity contribution in [1.82, 2.24) is 9.62 Å². The average Bonchev–Trinajstić information content (AvgIpc) is 2.50. The highest BCUT2D eigenvalue weighted by Crippen LogP contribution is 2.34. The van der Waals surface area contributed by atoms with Gasteiger partial charge in [-0.15, -0.1) is 0 Å². The van der Waals surface area contributed by atoms with Crippen molar-refractivity contribution in [3.63, 3.8) is 0 Å². The Morgan fingerprint density at radius 2 is 2.22 bits per heavy atom. The van der Waals surface area contributed by atoms with Gasteiger partial charge in [0.1, 0.15) is 16.7 Å². The summed E-state index contributed by atoms with van der Waals surface area (Å²) in [6, 6.07) is 4.40. The lowest BCUT2D eigenvalue weighted by Gasteiger charge is -2.36. The molecule has 130 valence electrons. The number of nitrogens with zero attached hydrogens (tertiary/aromatic N) is 1. The van der Waals surface area contributed by atoms with Crippen molar-refractivity contribution in [2.24, 2.45) is 5.92 Å². The fraction of sp³-hybridized carbons (Fsp3) is 0.600. The highest BCUT2D eigenvalue weighted by Gasteiger charge is 2.37. The third-order valence-corrected chi connectivity index (χ3v) is 6.55. The summed E-state index contributed by atoms with van der Waals surface area (Å²) < 4.78 is 34.1. The van der Waals surface area contributed by atoms with Crippen LogP contribution in [0, 0.1) is 5.92 Å². The quantitative estimate of drug-likeness (QED) is 0.790. The summed E-state index contributed by atoms with van der Waals surface area (Å²) in [5.74, 6) is 0.305. The highest BCUT2D eigenvalue weighted by atomic mass is 79.9. The van der Waals surface area contributed by atoms with E-state index in [1.165, 1.54) is 10.4 Å². The second kappa shape index (κ2) is 7.48. The number of fused-ring (bicyclic) bond motifs is 1. The van der Waals surface area contributed by atoms with Gasteiger partial charge in [-0.2, -0.15) is 4.31 Å². The minimum atomic E-state index is -3.73. The van der Waals surface area contributed by atoms with Gasteiger partial charge in [-0.1, -0.05) is 22.9 Å². The van der Waals surface area contributed by atoms with Crippen molar-refractivity contribution < 1.29 is 18.3 Å². The Morgan fingerprint density at radius 1 is 1.52 bits per heavy atom. The molecule has 0 bridgehead atoms. The van der Waals surface area contributed by atoms with Gasteiger partial charge in [-0.25, -0.2) is 8.42 Å². The van der Waals surface area contributed by atoms with Crippen molar-refractivity contribution in [2.75, 3.05) is 26.7 Å². The predicted octanol–water partition coefficient (Wildman–Crippen LogP) is 1.44. The van der Waals surface area contributed by atoms with E-state index in [0.29, 0.717) is 18.8 Å². The van der Waals surface area contributed by atoms with E-state index in [4.69, 9.17) is 4.74 Å². The van der Waals surface area contributed by atoms with Crippen LogP contribution in [-0.2, 0) is 10.0 Å². The first kappa shape index (κ1) is 18.7. The summed E-state index contributed by atoms with van der Waals surface area (Å²) in [7, 11) is -1.90. The Morgan fingerprint density at radius 3 is 2.83 bits per heavy atom. The first-order chi connectivity index (χ1) is 10.8. The summed E-state index contributed by atoms with van der Waals surface area (Å²) in [4.78, 5) is 0.133. The molecule has 1 aliphatic rings. The van der Waals surface area contributed by atoms with E-state index in [-0.39, 0.29) is 23.5 Å². The molecule has 0 radical (unpaired) electrons. The van der Waals surface area contributed by atoms with Crippen molar-refractivity contribution in [3.8, 4) is 5.75 Å². The Balaban J connectivity index is 2.58. The monoisotopic (exact) mass is 406 g/mol. The number of halogens is 1. The van der Waals surface area contributed by atoms with E-state index in [1.54, 1.807) is 19.1 Å². The van der Waals surface area contributed by atoms with Gasteiger partial charge in [0.2, 0.25) is 10.0 Å². The number of likely N-dealkylation sites (N-methyl/N-ethyl adjacent to an activating group) is 1. The first-order valence-corrected chi connectivity index (χ1v) is 9.78. The fourth-order valence-corrected chi connectivity index (χ4v) is 4.81. The zero-order valence-electron chi connectivity index (χ0n) is 13.5. The van der Waals surface area contributed by atoms with E-state index in [0.717, 1.165) is 4.47 Å². The molecule has 0 saturated heterocycles. The fourth-order valence-electron chi connectivity index (χ4n) is 2.64. The molecule has 1 aliphatic heterocycles. The molecular weight excluding hydrogens is 384 g/mol. The van der Waals surface area contributed by atoms with Crippen molar-refractivity contribution >= 4 is 26.0 Å². The van der Waals surface area contributed by atoms with Crippen molar-refractivity contribution in [2.45, 2.75) is 30.9 Å². The molecule has 0 aromatic heterocycles. The molecule has 0 amide bonds. The summed E-state index contributed by atoms with van der Waals surface area (Å²) in [6.07, 6.45) is -0.169. The van der Waals surface area contributed by atoms with Crippen LogP contribution < -0.4 is 10.1 Å². The Labute approximate surface area is 146 Å². The van der Waals surface area contributed by atoms with E-state index in [2.05, 4.69) is 21.2 Å². The molecule has 0 fully saturated rings. The molecule has 0 unspecified atom stereocenters. The van der Waals surface area contributed by atoms with Gasteiger partial charge in [0, 0.05) is 29.5 Å². The van der Waals surface area contributed by atoms with Crippen LogP contribution in [0.15, 0.2) is 27.6 Å². The molecule has 1 aromatic rings. The maximum absolute atomic E-state index is 13.0. The molecule has 23 heavy (non-hydrogen) atoms. The lowest BCUT2D eigenvalue weighted by molar-refractivity contribution is 0.103. The SMILES string of the molecule is CNC[C@H]1Oc2cc(Br)ccc2S(=O)(=O)N([C@@H](C)CO)C[C@H]1C. The lowest BCUT2D eigenvalue weighted by Crippen LogP contribution is -2.49. The largest absolute Gasteiger partial charge is 0.487 e. The standard InChI is InChI=1S/C15H23BrN2O4S/c1-10-8-18(11(2)9-19)23(20,21)15-5-4-12(16)6-13(15)22-14(10)7-17-3/h4-6,10-11,14,17,19H,7-9H2,1-3H3/t10-,11+,14-/m1/s1. The number of ether oxygens (including phenoxy) is 1. The number of aliphatic hydroxyl groups excluding tert-OH is 1. The van der Waals surface area contributed by atoms with Gasteiger partial charge in [0.05, 0.1) is 6.61 Å². The van der Waals surface area contributed by atoms with Gasteiger partial charge in [-0.05, 0) is 32.2 Å². The molecule has 6 nitrogen and oxygen atoms in total. The van der Waals surface area contributed by atoms with E-state index in [9.17, 15) is 13.5 Å². The molecule has 2 N–H and O–H groups in total. The Hall–Kier alpha value is -0.670. The van der Waals surface area contributed by atoms with Crippen LogP contribution in [0.2, 0.25) is 0 Å². The van der Waals surface area contributed by atoms with Crippen LogP contribution >= 0.6 is 15.9 Å². The van der Waals surface area contributed by atoms with E-state index < -0.39 is 16.1 Å². The van der Waals surface area contributed by atoms with Crippen LogP contribution in [0.4, 0.5) is 0 Å². The predicted molar refractivity (Wildman–Crippen MR) is 92.1 cm³/mol. The van der Waals surface area contributed by atoms with Crippen LogP contribution in [0.25, 0.3) is 0 Å². The number of rotatable bonds is 4. The number of hydrogen-bond acceptors (Lipinski definition) is 5. The minimum absolute atomic E-state index is 0.0293. The molecule has 0 aliphatic carbocycles. The molecular formula is C15H23BrN2O4S. The van der Waals surface area contributed by atoms with Crippen LogP contribution in [0.5, 0.6) is 5.75 Å². The van der Waals surface area contributed by atoms with E-state index >= 15 is 0 Å². The Kier molecular flexibility index (Phi) is 6.07. The van der Waals surface area contributed by atoms with Crippen molar-refractivity contribution in [3.05, 3.63) is 22.7 Å². The topological polar surface area (TPSA) is 78.9 Å². The molecule has 0 saturated carbocycles. The van der Waals surface area contributed by atoms with Gasteiger partial charge in [0.15, 0.2) is 0 Å². The van der Waals surface area contributed by atoms with Crippen LogP contribution in [0.3, 0.4) is 0 Å². The van der Waals surface area contributed by atoms with Gasteiger partial charge < -0.3 is 15.2 Å². The van der Waals surface area contributed by atoms with Crippen LogP contribution in [-0.4, -0.2) is 56.7 Å². The maximum Gasteiger partial charge on any atom is 0.247 e. The van der Waals surface area contributed by atoms with Crippen molar-refractivity contribution in [1.29, 1.82) is 0 Å². The lowest BCUT2D eigenvalue weighted by atomic mass is 10.0. The second-order valence-corrected chi connectivity index (χ2v) is 8.66. The number of aliphatic hydroxyl groups is 1. The molecule has 8 heteroatoms. The summed E-state index contributed by atoms with van der Waals surface area (Å²) >= 11 is 3.36. The maximum atomic E-state index is 13.0. The summed E-state index contributed by atoms with van der Waals surface area (Å²) in [5.41, 5.74) is 0. The molecule has 1 aromatic carbocycles. The average molecular weight is 407 g/mol. The molecule has 1 heterocycles.